The Morgan fingerprint density at radius 3 is 2.86 bits per heavy atom. The van der Waals surface area contributed by atoms with Crippen LogP contribution in [0.4, 0.5) is 0 Å². The number of hydrogen-bond acceptors (Lipinski definition) is 2. The molecule has 0 bridgehead atoms. The summed E-state index contributed by atoms with van der Waals surface area (Å²) in [6.07, 6.45) is 3.35. The fraction of sp³-hybridized carbons (Fsp3) is 0.500. The fourth-order valence-corrected chi connectivity index (χ4v) is 1.51. The van der Waals surface area contributed by atoms with E-state index < -0.39 is 0 Å². The molecule has 0 amide bonds. The van der Waals surface area contributed by atoms with Crippen LogP contribution in [0.1, 0.15) is 43.4 Å². The minimum atomic E-state index is 0.0916. The number of aliphatic hydroxyl groups is 1. The molecule has 0 fully saturated rings. The van der Waals surface area contributed by atoms with E-state index >= 15 is 0 Å². The van der Waals surface area contributed by atoms with Crippen LogP contribution in [0.25, 0.3) is 0 Å². The van der Waals surface area contributed by atoms with E-state index in [1.165, 1.54) is 6.42 Å². The Morgan fingerprint density at radius 1 is 1.43 bits per heavy atom. The molecule has 1 aromatic rings. The first kappa shape index (κ1) is 11.2. The molecule has 1 atom stereocenters. The summed E-state index contributed by atoms with van der Waals surface area (Å²) in [5.74, 6) is 0. The average Bonchev–Trinajstić information content (AvgIpc) is 2.26. The lowest BCUT2D eigenvalue weighted by Crippen LogP contribution is -2.10. The first-order chi connectivity index (χ1) is 6.77. The Hall–Kier alpha value is -0.860. The van der Waals surface area contributed by atoms with E-state index in [0.29, 0.717) is 0 Å². The number of hydrogen-bond donors (Lipinski definition) is 2. The van der Waals surface area contributed by atoms with Crippen molar-refractivity contribution in [2.45, 2.75) is 38.8 Å². The highest BCUT2D eigenvalue weighted by atomic mass is 16.3. The second-order valence-electron chi connectivity index (χ2n) is 3.65. The maximum atomic E-state index is 8.98. The molecule has 0 radical (unpaired) electrons. The minimum Gasteiger partial charge on any atom is -0.392 e. The Balaban J connectivity index is 2.64. The number of benzene rings is 1. The van der Waals surface area contributed by atoms with Gasteiger partial charge in [-0.15, -0.1) is 0 Å². The van der Waals surface area contributed by atoms with Crippen molar-refractivity contribution >= 4 is 0 Å². The van der Waals surface area contributed by atoms with Crippen molar-refractivity contribution in [3.63, 3.8) is 0 Å². The average molecular weight is 193 g/mol. The summed E-state index contributed by atoms with van der Waals surface area (Å²) in [7, 11) is 0. The third-order valence-corrected chi connectivity index (χ3v) is 2.43. The highest BCUT2D eigenvalue weighted by Crippen LogP contribution is 2.17. The standard InChI is InChI=1S/C12H19NO/c1-2-3-7-12(13)11-6-4-5-10(8-11)9-14/h4-6,8,12,14H,2-3,7,9,13H2,1H3. The van der Waals surface area contributed by atoms with Gasteiger partial charge in [0.1, 0.15) is 0 Å². The van der Waals surface area contributed by atoms with Crippen LogP contribution in [0.15, 0.2) is 24.3 Å². The zero-order chi connectivity index (χ0) is 10.4. The van der Waals surface area contributed by atoms with Crippen LogP contribution in [-0.4, -0.2) is 5.11 Å². The van der Waals surface area contributed by atoms with Gasteiger partial charge in [0.05, 0.1) is 6.61 Å². The first-order valence-corrected chi connectivity index (χ1v) is 5.23. The normalized spacial score (nSPS) is 12.8. The zero-order valence-electron chi connectivity index (χ0n) is 8.74. The Labute approximate surface area is 85.8 Å². The predicted octanol–water partition coefficient (Wildman–Crippen LogP) is 2.37. The molecule has 1 rings (SSSR count). The van der Waals surface area contributed by atoms with E-state index in [4.69, 9.17) is 10.8 Å². The molecule has 14 heavy (non-hydrogen) atoms. The molecule has 0 aromatic heterocycles. The van der Waals surface area contributed by atoms with Crippen LogP contribution in [0.2, 0.25) is 0 Å². The van der Waals surface area contributed by atoms with E-state index in [9.17, 15) is 0 Å². The molecular weight excluding hydrogens is 174 g/mol. The Morgan fingerprint density at radius 2 is 2.21 bits per heavy atom. The van der Waals surface area contributed by atoms with Crippen LogP contribution in [0, 0.1) is 0 Å². The highest BCUT2D eigenvalue weighted by molar-refractivity contribution is 5.25. The number of rotatable bonds is 5. The molecular formula is C12H19NO. The van der Waals surface area contributed by atoms with Crippen molar-refractivity contribution in [2.75, 3.05) is 0 Å². The van der Waals surface area contributed by atoms with Gasteiger partial charge in [-0.1, -0.05) is 44.0 Å². The highest BCUT2D eigenvalue weighted by Gasteiger charge is 2.05. The molecule has 0 saturated heterocycles. The van der Waals surface area contributed by atoms with E-state index in [2.05, 4.69) is 6.92 Å². The third-order valence-electron chi connectivity index (χ3n) is 2.43. The van der Waals surface area contributed by atoms with Gasteiger partial charge < -0.3 is 10.8 Å². The summed E-state index contributed by atoms with van der Waals surface area (Å²) in [4.78, 5) is 0. The first-order valence-electron chi connectivity index (χ1n) is 5.23. The molecule has 1 unspecified atom stereocenters. The molecule has 0 heterocycles. The van der Waals surface area contributed by atoms with Gasteiger partial charge >= 0.3 is 0 Å². The zero-order valence-corrected chi connectivity index (χ0v) is 8.74. The summed E-state index contributed by atoms with van der Waals surface area (Å²) in [5, 5.41) is 8.98. The van der Waals surface area contributed by atoms with Crippen LogP contribution in [0.3, 0.4) is 0 Å². The molecule has 1 aromatic carbocycles. The van der Waals surface area contributed by atoms with Gasteiger partial charge in [-0.2, -0.15) is 0 Å². The van der Waals surface area contributed by atoms with Gasteiger partial charge in [-0.05, 0) is 17.5 Å². The monoisotopic (exact) mass is 193 g/mol. The van der Waals surface area contributed by atoms with Crippen molar-refractivity contribution in [3.05, 3.63) is 35.4 Å². The molecule has 0 aliphatic heterocycles. The van der Waals surface area contributed by atoms with E-state index in [-0.39, 0.29) is 12.6 Å². The lowest BCUT2D eigenvalue weighted by molar-refractivity contribution is 0.281. The van der Waals surface area contributed by atoms with Crippen LogP contribution in [-0.2, 0) is 6.61 Å². The van der Waals surface area contributed by atoms with Gasteiger partial charge in [-0.3, -0.25) is 0 Å². The van der Waals surface area contributed by atoms with Gasteiger partial charge in [0.2, 0.25) is 0 Å². The Bertz CT molecular complexity index is 273. The molecule has 0 aliphatic carbocycles. The van der Waals surface area contributed by atoms with Crippen molar-refractivity contribution in [1.29, 1.82) is 0 Å². The lowest BCUT2D eigenvalue weighted by atomic mass is 10.0. The molecule has 2 nitrogen and oxygen atoms in total. The van der Waals surface area contributed by atoms with Gasteiger partial charge in [0, 0.05) is 6.04 Å². The summed E-state index contributed by atoms with van der Waals surface area (Å²) < 4.78 is 0. The molecule has 0 saturated carbocycles. The smallest absolute Gasteiger partial charge is 0.0681 e. The SMILES string of the molecule is CCCCC(N)c1cccc(CO)c1. The Kier molecular flexibility index (Phi) is 4.63. The van der Waals surface area contributed by atoms with E-state index in [1.54, 1.807) is 0 Å². The van der Waals surface area contributed by atoms with Gasteiger partial charge in [-0.25, -0.2) is 0 Å². The fourth-order valence-electron chi connectivity index (χ4n) is 1.51. The maximum absolute atomic E-state index is 8.98. The van der Waals surface area contributed by atoms with E-state index in [0.717, 1.165) is 24.0 Å². The van der Waals surface area contributed by atoms with Crippen LogP contribution >= 0.6 is 0 Å². The number of unbranched alkanes of at least 4 members (excludes halogenated alkanes) is 1. The second-order valence-corrected chi connectivity index (χ2v) is 3.65. The maximum Gasteiger partial charge on any atom is 0.0681 e. The largest absolute Gasteiger partial charge is 0.392 e. The summed E-state index contributed by atoms with van der Waals surface area (Å²) >= 11 is 0. The number of aliphatic hydroxyl groups excluding tert-OH is 1. The van der Waals surface area contributed by atoms with Gasteiger partial charge in [0.25, 0.3) is 0 Å². The molecule has 3 N–H and O–H groups in total. The van der Waals surface area contributed by atoms with Crippen molar-refractivity contribution in [1.82, 2.24) is 0 Å². The molecule has 2 heteroatoms. The van der Waals surface area contributed by atoms with Crippen molar-refractivity contribution in [3.8, 4) is 0 Å². The second kappa shape index (κ2) is 5.78. The molecule has 0 aliphatic rings. The minimum absolute atomic E-state index is 0.0916. The summed E-state index contributed by atoms with van der Waals surface area (Å²) in [6.45, 7) is 2.26. The van der Waals surface area contributed by atoms with Crippen molar-refractivity contribution < 1.29 is 5.11 Å². The van der Waals surface area contributed by atoms with Gasteiger partial charge in [0.15, 0.2) is 0 Å². The quantitative estimate of drug-likeness (QED) is 0.754. The van der Waals surface area contributed by atoms with Crippen molar-refractivity contribution in [2.24, 2.45) is 5.73 Å². The summed E-state index contributed by atoms with van der Waals surface area (Å²) in [5.41, 5.74) is 8.09. The lowest BCUT2D eigenvalue weighted by Gasteiger charge is -2.12. The third kappa shape index (κ3) is 3.13. The van der Waals surface area contributed by atoms with Crippen LogP contribution < -0.4 is 5.73 Å². The van der Waals surface area contributed by atoms with E-state index in [1.807, 2.05) is 24.3 Å². The van der Waals surface area contributed by atoms with Crippen LogP contribution in [0.5, 0.6) is 0 Å². The summed E-state index contributed by atoms with van der Waals surface area (Å²) in [6, 6.07) is 7.99. The topological polar surface area (TPSA) is 46.2 Å². The predicted molar refractivity (Wildman–Crippen MR) is 58.8 cm³/mol. The molecule has 0 spiro atoms. The number of nitrogens with two attached hydrogens (primary N) is 1. The molecule has 78 valence electrons.